The lowest BCUT2D eigenvalue weighted by Gasteiger charge is -2.18. The molecule has 0 fully saturated rings. The standard InChI is InChI=1S/C20H22F3N3O3/c1-13(19(28)25-17-7-5-4-6-16(17)20(21,22)23)24-14-8-10-15(11-9-14)29-12-18(27)26(2)3/h4-11,13,24H,12H2,1-3H3,(H,25,28)/t13-/m0/s1. The van der Waals surface area contributed by atoms with Crippen molar-refractivity contribution in [3.8, 4) is 5.75 Å². The van der Waals surface area contributed by atoms with E-state index in [4.69, 9.17) is 4.74 Å². The second kappa shape index (κ2) is 9.31. The first-order valence-corrected chi connectivity index (χ1v) is 8.74. The highest BCUT2D eigenvalue weighted by Crippen LogP contribution is 2.34. The van der Waals surface area contributed by atoms with Gasteiger partial charge in [0.05, 0.1) is 11.3 Å². The van der Waals surface area contributed by atoms with Crippen LogP contribution in [0.3, 0.4) is 0 Å². The Morgan fingerprint density at radius 3 is 2.28 bits per heavy atom. The summed E-state index contributed by atoms with van der Waals surface area (Å²) in [5.74, 6) is -0.322. The number of nitrogens with one attached hydrogen (secondary N) is 2. The summed E-state index contributed by atoms with van der Waals surface area (Å²) in [4.78, 5) is 25.2. The Bertz CT molecular complexity index is 852. The molecule has 0 aromatic heterocycles. The normalized spacial score (nSPS) is 12.1. The van der Waals surface area contributed by atoms with E-state index in [-0.39, 0.29) is 18.2 Å². The van der Waals surface area contributed by atoms with E-state index in [1.807, 2.05) is 0 Å². The van der Waals surface area contributed by atoms with E-state index in [0.717, 1.165) is 6.07 Å². The number of likely N-dealkylation sites (N-methyl/N-ethyl adjacent to an activating group) is 1. The molecule has 0 heterocycles. The molecular formula is C20H22F3N3O3. The molecule has 29 heavy (non-hydrogen) atoms. The van der Waals surface area contributed by atoms with Crippen molar-refractivity contribution in [2.75, 3.05) is 31.3 Å². The number of halogens is 3. The highest BCUT2D eigenvalue weighted by Gasteiger charge is 2.33. The predicted octanol–water partition coefficient (Wildman–Crippen LogP) is 3.61. The number of carbonyl (C=O) groups excluding carboxylic acids is 2. The first-order valence-electron chi connectivity index (χ1n) is 8.74. The number of alkyl halides is 3. The Hall–Kier alpha value is -3.23. The second-order valence-electron chi connectivity index (χ2n) is 6.50. The van der Waals surface area contributed by atoms with Crippen LogP contribution < -0.4 is 15.4 Å². The van der Waals surface area contributed by atoms with Crippen LogP contribution in [-0.2, 0) is 15.8 Å². The second-order valence-corrected chi connectivity index (χ2v) is 6.50. The van der Waals surface area contributed by atoms with E-state index in [1.165, 1.54) is 30.0 Å². The van der Waals surface area contributed by atoms with Crippen LogP contribution in [0.25, 0.3) is 0 Å². The summed E-state index contributed by atoms with van der Waals surface area (Å²) in [6.45, 7) is 1.43. The van der Waals surface area contributed by atoms with Crippen molar-refractivity contribution in [1.82, 2.24) is 4.90 Å². The number of rotatable bonds is 7. The number of ether oxygens (including phenoxy) is 1. The largest absolute Gasteiger partial charge is 0.484 e. The molecule has 0 aliphatic rings. The molecule has 0 aliphatic carbocycles. The Morgan fingerprint density at radius 2 is 1.69 bits per heavy atom. The molecule has 2 aromatic rings. The highest BCUT2D eigenvalue weighted by molar-refractivity contribution is 5.96. The van der Waals surface area contributed by atoms with Crippen molar-refractivity contribution in [3.05, 3.63) is 54.1 Å². The lowest BCUT2D eigenvalue weighted by atomic mass is 10.1. The van der Waals surface area contributed by atoms with Crippen LogP contribution in [0.1, 0.15) is 12.5 Å². The van der Waals surface area contributed by atoms with Gasteiger partial charge in [-0.05, 0) is 43.3 Å². The summed E-state index contributed by atoms with van der Waals surface area (Å²) in [7, 11) is 3.25. The monoisotopic (exact) mass is 409 g/mol. The fourth-order valence-corrected chi connectivity index (χ4v) is 2.32. The maximum atomic E-state index is 13.0. The van der Waals surface area contributed by atoms with Crippen LogP contribution in [0.5, 0.6) is 5.75 Å². The summed E-state index contributed by atoms with van der Waals surface area (Å²) in [5.41, 5.74) is -0.634. The van der Waals surface area contributed by atoms with Gasteiger partial charge in [-0.15, -0.1) is 0 Å². The summed E-state index contributed by atoms with van der Waals surface area (Å²) < 4.78 is 44.5. The molecule has 0 radical (unpaired) electrons. The minimum atomic E-state index is -4.57. The Morgan fingerprint density at radius 1 is 1.07 bits per heavy atom. The number of para-hydroxylation sites is 1. The lowest BCUT2D eigenvalue weighted by molar-refractivity contribution is -0.137. The summed E-state index contributed by atoms with van der Waals surface area (Å²) in [6.07, 6.45) is -4.57. The predicted molar refractivity (Wildman–Crippen MR) is 104 cm³/mol. The van der Waals surface area contributed by atoms with Crippen LogP contribution in [0.4, 0.5) is 24.5 Å². The molecule has 2 rings (SSSR count). The third-order valence-electron chi connectivity index (χ3n) is 3.98. The van der Waals surface area contributed by atoms with E-state index in [0.29, 0.717) is 11.4 Å². The number of hydrogen-bond donors (Lipinski definition) is 2. The van der Waals surface area contributed by atoms with Gasteiger partial charge in [0.2, 0.25) is 5.91 Å². The fourth-order valence-electron chi connectivity index (χ4n) is 2.32. The summed E-state index contributed by atoms with van der Waals surface area (Å²) in [5, 5.41) is 5.21. The third-order valence-corrected chi connectivity index (χ3v) is 3.98. The molecule has 2 aromatic carbocycles. The highest BCUT2D eigenvalue weighted by atomic mass is 19.4. The lowest BCUT2D eigenvalue weighted by Crippen LogP contribution is -2.32. The SMILES string of the molecule is C[C@H](Nc1ccc(OCC(=O)N(C)C)cc1)C(=O)Nc1ccccc1C(F)(F)F. The number of benzene rings is 2. The van der Waals surface area contributed by atoms with Crippen molar-refractivity contribution in [2.24, 2.45) is 0 Å². The van der Waals surface area contributed by atoms with Crippen LogP contribution in [-0.4, -0.2) is 43.5 Å². The molecule has 0 spiro atoms. The Balaban J connectivity index is 1.96. The van der Waals surface area contributed by atoms with Gasteiger partial charge in [-0.3, -0.25) is 9.59 Å². The molecule has 156 valence electrons. The zero-order valence-corrected chi connectivity index (χ0v) is 16.2. The molecule has 0 saturated heterocycles. The number of amides is 2. The van der Waals surface area contributed by atoms with Crippen molar-refractivity contribution < 1.29 is 27.5 Å². The third kappa shape index (κ3) is 6.41. The topological polar surface area (TPSA) is 70.7 Å². The molecule has 2 N–H and O–H groups in total. The molecule has 0 bridgehead atoms. The van der Waals surface area contributed by atoms with Crippen molar-refractivity contribution in [2.45, 2.75) is 19.1 Å². The Labute approximate surface area is 166 Å². The van der Waals surface area contributed by atoms with E-state index in [1.54, 1.807) is 38.4 Å². The first kappa shape index (κ1) is 22.1. The quantitative estimate of drug-likeness (QED) is 0.733. The van der Waals surface area contributed by atoms with Gasteiger partial charge in [-0.2, -0.15) is 13.2 Å². The Kier molecular flexibility index (Phi) is 7.08. The van der Waals surface area contributed by atoms with Gasteiger partial charge in [-0.1, -0.05) is 12.1 Å². The number of hydrogen-bond acceptors (Lipinski definition) is 4. The zero-order valence-electron chi connectivity index (χ0n) is 16.2. The minimum Gasteiger partial charge on any atom is -0.484 e. The van der Waals surface area contributed by atoms with Crippen molar-refractivity contribution in [1.29, 1.82) is 0 Å². The molecular weight excluding hydrogens is 387 g/mol. The zero-order chi connectivity index (χ0) is 21.6. The van der Waals surface area contributed by atoms with E-state index < -0.39 is 23.7 Å². The van der Waals surface area contributed by atoms with Gasteiger partial charge in [0, 0.05) is 19.8 Å². The maximum absolute atomic E-state index is 13.0. The van der Waals surface area contributed by atoms with E-state index in [9.17, 15) is 22.8 Å². The first-order chi connectivity index (χ1) is 13.6. The molecule has 6 nitrogen and oxygen atoms in total. The van der Waals surface area contributed by atoms with Gasteiger partial charge in [0.25, 0.3) is 5.91 Å². The smallest absolute Gasteiger partial charge is 0.418 e. The average molecular weight is 409 g/mol. The van der Waals surface area contributed by atoms with Crippen LogP contribution in [0, 0.1) is 0 Å². The molecule has 1 atom stereocenters. The van der Waals surface area contributed by atoms with Crippen molar-refractivity contribution >= 4 is 23.2 Å². The van der Waals surface area contributed by atoms with Gasteiger partial charge < -0.3 is 20.3 Å². The van der Waals surface area contributed by atoms with Crippen LogP contribution >= 0.6 is 0 Å². The number of carbonyl (C=O) groups is 2. The summed E-state index contributed by atoms with van der Waals surface area (Å²) >= 11 is 0. The van der Waals surface area contributed by atoms with Crippen LogP contribution in [0.2, 0.25) is 0 Å². The summed E-state index contributed by atoms with van der Waals surface area (Å²) in [6, 6.07) is 10.5. The molecule has 0 unspecified atom stereocenters. The van der Waals surface area contributed by atoms with Gasteiger partial charge in [0.1, 0.15) is 11.8 Å². The minimum absolute atomic E-state index is 0.100. The van der Waals surface area contributed by atoms with E-state index in [2.05, 4.69) is 10.6 Å². The maximum Gasteiger partial charge on any atom is 0.418 e. The molecule has 0 aliphatic heterocycles. The van der Waals surface area contributed by atoms with Gasteiger partial charge in [0.15, 0.2) is 6.61 Å². The molecule has 0 saturated carbocycles. The van der Waals surface area contributed by atoms with Crippen molar-refractivity contribution in [3.63, 3.8) is 0 Å². The fraction of sp³-hybridized carbons (Fsp3) is 0.300. The van der Waals surface area contributed by atoms with E-state index >= 15 is 0 Å². The van der Waals surface area contributed by atoms with Crippen LogP contribution in [0.15, 0.2) is 48.5 Å². The number of nitrogens with zero attached hydrogens (tertiary/aromatic N) is 1. The van der Waals surface area contributed by atoms with Gasteiger partial charge in [-0.25, -0.2) is 0 Å². The molecule has 9 heteroatoms. The average Bonchev–Trinajstić information content (AvgIpc) is 2.66. The van der Waals surface area contributed by atoms with Gasteiger partial charge >= 0.3 is 6.18 Å². The molecule has 2 amide bonds. The number of anilines is 2.